The number of carbonyl (C=O) groups is 3. The van der Waals surface area contributed by atoms with Crippen LogP contribution in [0.2, 0.25) is 0 Å². The standard InChI is InChI=1S/C21H23Cl2N5O4/c22-21(23)5-11(21)8-25-19(32)14-6-20(10-29)7-15(20)28(14)16(30)9-27-13-4-2-1-3-12(13)17(26-27)18(24)31/h1-4,11,14-15,29H,5-10H2,(H2,24,31)(H,25,32)/t11?,14-,15+,20-/m0/s1. The van der Waals surface area contributed by atoms with E-state index < -0.39 is 21.7 Å². The minimum absolute atomic E-state index is 0.00988. The smallest absolute Gasteiger partial charge is 0.269 e. The Labute approximate surface area is 193 Å². The first-order valence-corrected chi connectivity index (χ1v) is 11.3. The van der Waals surface area contributed by atoms with Crippen LogP contribution in [0, 0.1) is 11.3 Å². The van der Waals surface area contributed by atoms with Crippen molar-refractivity contribution in [1.29, 1.82) is 0 Å². The number of para-hydroxylation sites is 1. The number of hydrogen-bond donors (Lipinski definition) is 3. The second-order valence-corrected chi connectivity index (χ2v) is 10.6. The van der Waals surface area contributed by atoms with E-state index in [1.165, 1.54) is 4.68 Å². The van der Waals surface area contributed by atoms with Crippen LogP contribution in [0.25, 0.3) is 10.9 Å². The zero-order chi connectivity index (χ0) is 22.8. The molecule has 4 N–H and O–H groups in total. The second kappa shape index (κ2) is 7.33. The maximum atomic E-state index is 13.3. The molecule has 9 nitrogen and oxygen atoms in total. The normalized spacial score (nSPS) is 29.6. The molecule has 32 heavy (non-hydrogen) atoms. The van der Waals surface area contributed by atoms with E-state index >= 15 is 0 Å². The molecule has 0 bridgehead atoms. The number of alkyl halides is 2. The van der Waals surface area contributed by atoms with Crippen molar-refractivity contribution in [3.8, 4) is 0 Å². The van der Waals surface area contributed by atoms with E-state index in [0.29, 0.717) is 36.7 Å². The van der Waals surface area contributed by atoms with Crippen molar-refractivity contribution < 1.29 is 19.5 Å². The molecule has 5 rings (SSSR count). The molecule has 11 heteroatoms. The number of halogens is 2. The quantitative estimate of drug-likeness (QED) is 0.505. The van der Waals surface area contributed by atoms with Gasteiger partial charge in [0.25, 0.3) is 5.91 Å². The molecule has 1 unspecified atom stereocenters. The summed E-state index contributed by atoms with van der Waals surface area (Å²) in [7, 11) is 0. The summed E-state index contributed by atoms with van der Waals surface area (Å²) in [6.07, 6.45) is 1.66. The summed E-state index contributed by atoms with van der Waals surface area (Å²) in [4.78, 5) is 39.6. The van der Waals surface area contributed by atoms with E-state index in [2.05, 4.69) is 10.4 Å². The molecule has 170 valence electrons. The monoisotopic (exact) mass is 479 g/mol. The van der Waals surface area contributed by atoms with Gasteiger partial charge in [-0.25, -0.2) is 0 Å². The Balaban J connectivity index is 1.36. The summed E-state index contributed by atoms with van der Waals surface area (Å²) in [5, 5.41) is 17.5. The fourth-order valence-electron chi connectivity index (χ4n) is 4.91. The highest BCUT2D eigenvalue weighted by Gasteiger charge is 2.67. The molecule has 2 aliphatic carbocycles. The van der Waals surface area contributed by atoms with E-state index in [-0.39, 0.29) is 42.6 Å². The van der Waals surface area contributed by atoms with Crippen molar-refractivity contribution in [1.82, 2.24) is 20.0 Å². The molecule has 2 aromatic rings. The van der Waals surface area contributed by atoms with Gasteiger partial charge in [-0.05, 0) is 25.3 Å². The average Bonchev–Trinajstić information content (AvgIpc) is 3.52. The first kappa shape index (κ1) is 21.5. The van der Waals surface area contributed by atoms with E-state index in [1.54, 1.807) is 29.2 Å². The van der Waals surface area contributed by atoms with Gasteiger partial charge in [-0.3, -0.25) is 19.1 Å². The Hall–Kier alpha value is -2.36. The molecule has 1 aliphatic heterocycles. The summed E-state index contributed by atoms with van der Waals surface area (Å²) in [6, 6.07) is 6.13. The minimum Gasteiger partial charge on any atom is -0.396 e. The number of nitrogens with zero attached hydrogens (tertiary/aromatic N) is 3. The van der Waals surface area contributed by atoms with Gasteiger partial charge in [-0.1, -0.05) is 18.2 Å². The number of hydrogen-bond acceptors (Lipinski definition) is 5. The summed E-state index contributed by atoms with van der Waals surface area (Å²) in [6.45, 7) is 0.106. The number of likely N-dealkylation sites (tertiary alicyclic amines) is 1. The highest BCUT2D eigenvalue weighted by Crippen LogP contribution is 2.59. The number of nitrogens with one attached hydrogen (secondary N) is 1. The van der Waals surface area contributed by atoms with Crippen LogP contribution in [0.1, 0.15) is 29.8 Å². The Bertz CT molecular complexity index is 1130. The fourth-order valence-corrected chi connectivity index (χ4v) is 5.44. The SMILES string of the molecule is NC(=O)c1nn(CC(=O)N2[C@H](C(=O)NCC3CC3(Cl)Cl)C[C@@]3(CO)C[C@@H]23)c2ccccc12. The van der Waals surface area contributed by atoms with E-state index in [0.717, 1.165) is 0 Å². The average molecular weight is 480 g/mol. The lowest BCUT2D eigenvalue weighted by atomic mass is 10.0. The lowest BCUT2D eigenvalue weighted by Crippen LogP contribution is -2.49. The van der Waals surface area contributed by atoms with Gasteiger partial charge in [0, 0.05) is 29.3 Å². The fraction of sp³-hybridized carbons (Fsp3) is 0.524. The molecule has 2 saturated carbocycles. The molecule has 1 saturated heterocycles. The lowest BCUT2D eigenvalue weighted by molar-refractivity contribution is -0.140. The molecule has 0 radical (unpaired) electrons. The largest absolute Gasteiger partial charge is 0.396 e. The number of benzene rings is 1. The summed E-state index contributed by atoms with van der Waals surface area (Å²) < 4.78 is 0.639. The topological polar surface area (TPSA) is 131 Å². The van der Waals surface area contributed by atoms with Crippen molar-refractivity contribution in [3.63, 3.8) is 0 Å². The van der Waals surface area contributed by atoms with Gasteiger partial charge in [0.2, 0.25) is 11.8 Å². The van der Waals surface area contributed by atoms with Crippen LogP contribution in [0.5, 0.6) is 0 Å². The predicted molar refractivity (Wildman–Crippen MR) is 117 cm³/mol. The molecule has 1 aromatic carbocycles. The van der Waals surface area contributed by atoms with Crippen LogP contribution in [0.4, 0.5) is 0 Å². The van der Waals surface area contributed by atoms with Gasteiger partial charge in [0.1, 0.15) is 16.9 Å². The maximum absolute atomic E-state index is 13.3. The van der Waals surface area contributed by atoms with Gasteiger partial charge >= 0.3 is 0 Å². The third kappa shape index (κ3) is 3.43. The number of aliphatic hydroxyl groups is 1. The highest BCUT2D eigenvalue weighted by molar-refractivity contribution is 6.50. The number of aromatic nitrogens is 2. The molecule has 3 aliphatic rings. The highest BCUT2D eigenvalue weighted by atomic mass is 35.5. The predicted octanol–water partition coefficient (Wildman–Crippen LogP) is 0.797. The number of nitrogens with two attached hydrogens (primary N) is 1. The van der Waals surface area contributed by atoms with Crippen LogP contribution in [-0.2, 0) is 16.1 Å². The summed E-state index contributed by atoms with van der Waals surface area (Å²) in [5.74, 6) is -1.27. The number of fused-ring (bicyclic) bond motifs is 2. The first-order chi connectivity index (χ1) is 15.2. The lowest BCUT2D eigenvalue weighted by Gasteiger charge is -2.27. The van der Waals surface area contributed by atoms with Crippen molar-refractivity contribution >= 4 is 51.8 Å². The number of aliphatic hydroxyl groups excluding tert-OH is 1. The summed E-state index contributed by atoms with van der Waals surface area (Å²) in [5.41, 5.74) is 5.70. The molecule has 2 heterocycles. The van der Waals surface area contributed by atoms with Crippen molar-refractivity contribution in [2.75, 3.05) is 13.2 Å². The van der Waals surface area contributed by atoms with Crippen molar-refractivity contribution in [2.45, 2.75) is 42.2 Å². The van der Waals surface area contributed by atoms with Crippen molar-refractivity contribution in [3.05, 3.63) is 30.0 Å². The van der Waals surface area contributed by atoms with Gasteiger partial charge in [0.15, 0.2) is 5.69 Å². The Morgan fingerprint density at radius 1 is 1.22 bits per heavy atom. The van der Waals surface area contributed by atoms with Gasteiger partial charge in [-0.2, -0.15) is 5.10 Å². The summed E-state index contributed by atoms with van der Waals surface area (Å²) >= 11 is 12.1. The minimum atomic E-state index is -0.799. The molecule has 1 aromatic heterocycles. The zero-order valence-corrected chi connectivity index (χ0v) is 18.6. The number of amides is 3. The zero-order valence-electron chi connectivity index (χ0n) is 17.1. The van der Waals surface area contributed by atoms with Crippen LogP contribution in [0.15, 0.2) is 24.3 Å². The van der Waals surface area contributed by atoms with Gasteiger partial charge < -0.3 is 21.1 Å². The third-order valence-corrected chi connectivity index (χ3v) is 7.90. The number of primary amides is 1. The molecular formula is C21H23Cl2N5O4. The molecular weight excluding hydrogens is 457 g/mol. The number of carbonyl (C=O) groups excluding carboxylic acids is 3. The van der Waals surface area contributed by atoms with Crippen LogP contribution in [-0.4, -0.2) is 67.1 Å². The Morgan fingerprint density at radius 3 is 2.59 bits per heavy atom. The van der Waals surface area contributed by atoms with Crippen LogP contribution in [0.3, 0.4) is 0 Å². The van der Waals surface area contributed by atoms with E-state index in [9.17, 15) is 19.5 Å². The number of rotatable bonds is 7. The Morgan fingerprint density at radius 2 is 1.94 bits per heavy atom. The van der Waals surface area contributed by atoms with Crippen molar-refractivity contribution in [2.24, 2.45) is 17.1 Å². The van der Waals surface area contributed by atoms with Crippen LogP contribution < -0.4 is 11.1 Å². The Kier molecular flexibility index (Phi) is 4.92. The van der Waals surface area contributed by atoms with Gasteiger partial charge in [0.05, 0.1) is 12.1 Å². The maximum Gasteiger partial charge on any atom is 0.269 e. The van der Waals surface area contributed by atoms with Crippen LogP contribution >= 0.6 is 23.2 Å². The molecule has 3 amide bonds. The second-order valence-electron chi connectivity index (χ2n) is 9.06. The van der Waals surface area contributed by atoms with E-state index in [1.807, 2.05) is 0 Å². The number of piperidine rings is 1. The molecule has 3 fully saturated rings. The molecule has 0 spiro atoms. The molecule has 4 atom stereocenters. The third-order valence-electron chi connectivity index (χ3n) is 6.98. The van der Waals surface area contributed by atoms with Gasteiger partial charge in [-0.15, -0.1) is 23.2 Å². The van der Waals surface area contributed by atoms with E-state index in [4.69, 9.17) is 28.9 Å². The first-order valence-electron chi connectivity index (χ1n) is 10.5.